The Balaban J connectivity index is 1.64. The van der Waals surface area contributed by atoms with E-state index in [-0.39, 0.29) is 17.6 Å². The molecule has 0 saturated carbocycles. The standard InChI is InChI=1S/C19H17FN2O2S/c1-12(13-6-2-3-7-14(13)20)21-18(24)19-11-10-17(23)22(19)15-8-4-5-9-16(15)25-19/h2-9,12H,10-11H2,1H3,(H,21,24). The summed E-state index contributed by atoms with van der Waals surface area (Å²) in [4.78, 5) is 27.1. The van der Waals surface area contributed by atoms with Crippen molar-refractivity contribution in [1.29, 1.82) is 0 Å². The van der Waals surface area contributed by atoms with Crippen LogP contribution in [0.5, 0.6) is 0 Å². The predicted octanol–water partition coefficient (Wildman–Crippen LogP) is 3.63. The highest BCUT2D eigenvalue weighted by molar-refractivity contribution is 8.02. The molecular formula is C19H17FN2O2S. The molecule has 0 radical (unpaired) electrons. The van der Waals surface area contributed by atoms with Crippen molar-refractivity contribution < 1.29 is 14.0 Å². The summed E-state index contributed by atoms with van der Waals surface area (Å²) in [6, 6.07) is 13.4. The quantitative estimate of drug-likeness (QED) is 0.914. The lowest BCUT2D eigenvalue weighted by atomic mass is 10.1. The minimum Gasteiger partial charge on any atom is -0.347 e. The molecule has 4 rings (SSSR count). The molecule has 2 aliphatic rings. The molecule has 2 aromatic rings. The van der Waals surface area contributed by atoms with E-state index in [0.29, 0.717) is 18.4 Å². The molecule has 6 heteroatoms. The van der Waals surface area contributed by atoms with Gasteiger partial charge >= 0.3 is 0 Å². The Hall–Kier alpha value is -2.34. The van der Waals surface area contributed by atoms with Gasteiger partial charge in [0.05, 0.1) is 11.7 Å². The average molecular weight is 356 g/mol. The SMILES string of the molecule is CC(NC(=O)C12CCC(=O)N1c1ccccc1S2)c1ccccc1F. The van der Waals surface area contributed by atoms with E-state index >= 15 is 0 Å². The number of carbonyl (C=O) groups excluding carboxylic acids is 2. The molecule has 2 unspecified atom stereocenters. The summed E-state index contributed by atoms with van der Waals surface area (Å²) in [7, 11) is 0. The van der Waals surface area contributed by atoms with Crippen molar-refractivity contribution >= 4 is 29.3 Å². The first-order valence-electron chi connectivity index (χ1n) is 8.19. The molecular weight excluding hydrogens is 339 g/mol. The van der Waals surface area contributed by atoms with Gasteiger partial charge in [0.15, 0.2) is 4.87 Å². The van der Waals surface area contributed by atoms with Crippen LogP contribution in [0.2, 0.25) is 0 Å². The Kier molecular flexibility index (Phi) is 3.80. The van der Waals surface area contributed by atoms with Crippen molar-refractivity contribution in [3.63, 3.8) is 0 Å². The number of rotatable bonds is 3. The molecule has 128 valence electrons. The van der Waals surface area contributed by atoms with Crippen molar-refractivity contribution in [2.24, 2.45) is 0 Å². The largest absolute Gasteiger partial charge is 0.347 e. The van der Waals surface area contributed by atoms with E-state index in [4.69, 9.17) is 0 Å². The van der Waals surface area contributed by atoms with Crippen LogP contribution in [0.1, 0.15) is 31.4 Å². The summed E-state index contributed by atoms with van der Waals surface area (Å²) in [6.45, 7) is 1.75. The minimum atomic E-state index is -0.972. The van der Waals surface area contributed by atoms with Gasteiger partial charge in [0, 0.05) is 16.9 Å². The maximum absolute atomic E-state index is 14.0. The highest BCUT2D eigenvalue weighted by Gasteiger charge is 2.57. The van der Waals surface area contributed by atoms with Gasteiger partial charge in [-0.1, -0.05) is 42.1 Å². The van der Waals surface area contributed by atoms with Gasteiger partial charge in [0.1, 0.15) is 5.82 Å². The van der Waals surface area contributed by atoms with Gasteiger partial charge in [-0.2, -0.15) is 0 Å². The maximum Gasteiger partial charge on any atom is 0.257 e. The Labute approximate surface area is 149 Å². The lowest BCUT2D eigenvalue weighted by Gasteiger charge is -2.31. The van der Waals surface area contributed by atoms with Crippen LogP contribution in [-0.2, 0) is 9.59 Å². The van der Waals surface area contributed by atoms with Gasteiger partial charge in [-0.05, 0) is 31.5 Å². The van der Waals surface area contributed by atoms with Crippen LogP contribution >= 0.6 is 11.8 Å². The maximum atomic E-state index is 14.0. The second kappa shape index (κ2) is 5.88. The van der Waals surface area contributed by atoms with Crippen LogP contribution in [0, 0.1) is 5.82 Å². The van der Waals surface area contributed by atoms with E-state index in [1.54, 1.807) is 30.0 Å². The van der Waals surface area contributed by atoms with Gasteiger partial charge in [-0.15, -0.1) is 0 Å². The van der Waals surface area contributed by atoms with E-state index in [2.05, 4.69) is 5.32 Å². The van der Waals surface area contributed by atoms with Crippen LogP contribution in [0.3, 0.4) is 0 Å². The fraction of sp³-hybridized carbons (Fsp3) is 0.263. The van der Waals surface area contributed by atoms with Crippen molar-refractivity contribution in [1.82, 2.24) is 5.32 Å². The van der Waals surface area contributed by atoms with Crippen LogP contribution in [0.4, 0.5) is 10.1 Å². The monoisotopic (exact) mass is 356 g/mol. The second-order valence-corrected chi connectivity index (χ2v) is 7.62. The van der Waals surface area contributed by atoms with Crippen molar-refractivity contribution in [3.05, 3.63) is 59.9 Å². The third-order valence-electron chi connectivity index (χ3n) is 4.75. The van der Waals surface area contributed by atoms with Crippen molar-refractivity contribution in [3.8, 4) is 0 Å². The zero-order chi connectivity index (χ0) is 17.6. The predicted molar refractivity (Wildman–Crippen MR) is 94.7 cm³/mol. The molecule has 1 fully saturated rings. The normalized spacial score (nSPS) is 22.5. The van der Waals surface area contributed by atoms with E-state index in [1.807, 2.05) is 24.3 Å². The van der Waals surface area contributed by atoms with Crippen LogP contribution in [-0.4, -0.2) is 16.7 Å². The van der Waals surface area contributed by atoms with E-state index in [1.165, 1.54) is 17.8 Å². The van der Waals surface area contributed by atoms with Crippen molar-refractivity contribution in [2.45, 2.75) is 35.6 Å². The van der Waals surface area contributed by atoms with Crippen LogP contribution < -0.4 is 10.2 Å². The molecule has 0 bridgehead atoms. The average Bonchev–Trinajstić information content (AvgIpc) is 3.11. The topological polar surface area (TPSA) is 49.4 Å². The number of amides is 2. The number of thioether (sulfide) groups is 1. The zero-order valence-electron chi connectivity index (χ0n) is 13.7. The van der Waals surface area contributed by atoms with Crippen LogP contribution in [0.15, 0.2) is 53.4 Å². The molecule has 2 heterocycles. The molecule has 1 N–H and O–H groups in total. The molecule has 2 atom stereocenters. The summed E-state index contributed by atoms with van der Waals surface area (Å²) >= 11 is 1.41. The zero-order valence-corrected chi connectivity index (χ0v) is 14.5. The summed E-state index contributed by atoms with van der Waals surface area (Å²) in [5, 5.41) is 2.90. The number of halogens is 1. The molecule has 4 nitrogen and oxygen atoms in total. The smallest absolute Gasteiger partial charge is 0.257 e. The Morgan fingerprint density at radius 1 is 1.24 bits per heavy atom. The summed E-state index contributed by atoms with van der Waals surface area (Å²) < 4.78 is 14.0. The first-order chi connectivity index (χ1) is 12.0. The number of anilines is 1. The number of nitrogens with one attached hydrogen (secondary N) is 1. The number of fused-ring (bicyclic) bond motifs is 3. The molecule has 0 aliphatic carbocycles. The third-order valence-corrected chi connectivity index (χ3v) is 6.22. The molecule has 2 aliphatic heterocycles. The Bertz CT molecular complexity index is 872. The minimum absolute atomic E-state index is 0.0499. The summed E-state index contributed by atoms with van der Waals surface area (Å²) in [5.74, 6) is -0.657. The number of hydrogen-bond donors (Lipinski definition) is 1. The fourth-order valence-corrected chi connectivity index (χ4v) is 4.93. The van der Waals surface area contributed by atoms with Gasteiger partial charge in [-0.25, -0.2) is 4.39 Å². The van der Waals surface area contributed by atoms with Crippen molar-refractivity contribution in [2.75, 3.05) is 4.90 Å². The molecule has 0 spiro atoms. The number of benzene rings is 2. The van der Waals surface area contributed by atoms with Crippen LogP contribution in [0.25, 0.3) is 0 Å². The lowest BCUT2D eigenvalue weighted by molar-refractivity contribution is -0.125. The Morgan fingerprint density at radius 3 is 2.76 bits per heavy atom. The highest BCUT2D eigenvalue weighted by atomic mass is 32.2. The molecule has 25 heavy (non-hydrogen) atoms. The highest BCUT2D eigenvalue weighted by Crippen LogP contribution is 2.55. The number of hydrogen-bond acceptors (Lipinski definition) is 3. The van der Waals surface area contributed by atoms with Gasteiger partial charge in [0.2, 0.25) is 5.91 Å². The van der Waals surface area contributed by atoms with E-state index in [0.717, 1.165) is 10.6 Å². The van der Waals surface area contributed by atoms with Gasteiger partial charge in [-0.3, -0.25) is 14.5 Å². The number of para-hydroxylation sites is 1. The lowest BCUT2D eigenvalue weighted by Crippen LogP contribution is -2.52. The second-order valence-electron chi connectivity index (χ2n) is 6.30. The van der Waals surface area contributed by atoms with E-state index < -0.39 is 10.9 Å². The fourth-order valence-electron chi connectivity index (χ4n) is 3.51. The summed E-state index contributed by atoms with van der Waals surface area (Å²) in [6.07, 6.45) is 0.782. The molecule has 2 aromatic carbocycles. The number of nitrogens with zero attached hydrogens (tertiary/aromatic N) is 1. The first kappa shape index (κ1) is 16.1. The molecule has 0 aromatic heterocycles. The Morgan fingerprint density at radius 2 is 1.96 bits per heavy atom. The van der Waals surface area contributed by atoms with E-state index in [9.17, 15) is 14.0 Å². The molecule has 2 amide bonds. The van der Waals surface area contributed by atoms with Gasteiger partial charge < -0.3 is 5.32 Å². The number of carbonyl (C=O) groups is 2. The first-order valence-corrected chi connectivity index (χ1v) is 9.01. The van der Waals surface area contributed by atoms with Gasteiger partial charge in [0.25, 0.3) is 5.91 Å². The summed E-state index contributed by atoms with van der Waals surface area (Å²) in [5.41, 5.74) is 1.22. The molecule has 1 saturated heterocycles. The third kappa shape index (κ3) is 2.43.